The quantitative estimate of drug-likeness (QED) is 0.809. The molecule has 0 aromatic rings. The highest BCUT2D eigenvalue weighted by molar-refractivity contribution is 5.85. The molecule has 0 atom stereocenters. The Morgan fingerprint density at radius 2 is 2.00 bits per heavy atom. The van der Waals surface area contributed by atoms with E-state index in [0.717, 1.165) is 51.7 Å². The van der Waals surface area contributed by atoms with Gasteiger partial charge in [-0.1, -0.05) is 12.8 Å². The molecule has 1 amide bonds. The summed E-state index contributed by atoms with van der Waals surface area (Å²) in [7, 11) is 0. The molecule has 2 aliphatic rings. The van der Waals surface area contributed by atoms with Crippen molar-refractivity contribution in [2.45, 2.75) is 38.5 Å². The average molecular weight is 236 g/mol. The summed E-state index contributed by atoms with van der Waals surface area (Å²) in [6.07, 6.45) is 5.47. The minimum atomic E-state index is -0.731. The number of hydrogen-bond acceptors (Lipinski definition) is 3. The van der Waals surface area contributed by atoms with Crippen LogP contribution >= 0.6 is 0 Å². The van der Waals surface area contributed by atoms with Crippen LogP contribution in [0.25, 0.3) is 0 Å². The normalized spacial score (nSPS) is 24.2. The summed E-state index contributed by atoms with van der Waals surface area (Å²) in [5.74, 6) is 0.467. The summed E-state index contributed by atoms with van der Waals surface area (Å²) < 4.78 is 5.28. The number of amides is 1. The molecule has 1 aliphatic heterocycles. The van der Waals surface area contributed by atoms with Gasteiger partial charge >= 0.3 is 0 Å². The zero-order chi connectivity index (χ0) is 12.1. The Hall–Kier alpha value is -1.08. The molecule has 0 aromatic heterocycles. The molecule has 4 nitrogen and oxygen atoms in total. The molecule has 1 saturated heterocycles. The lowest BCUT2D eigenvalue weighted by atomic mass is 9.86. The molecule has 17 heavy (non-hydrogen) atoms. The maximum absolute atomic E-state index is 12.1. The first-order valence-corrected chi connectivity index (χ1v) is 6.54. The van der Waals surface area contributed by atoms with Crippen molar-refractivity contribution in [1.82, 2.24) is 5.32 Å². The lowest BCUT2D eigenvalue weighted by Crippen LogP contribution is -2.41. The smallest absolute Gasteiger partial charge is 0.240 e. The third kappa shape index (κ3) is 2.78. The molecule has 0 unspecified atom stereocenters. The van der Waals surface area contributed by atoms with Crippen molar-refractivity contribution >= 4 is 5.91 Å². The topological polar surface area (TPSA) is 62.1 Å². The lowest BCUT2D eigenvalue weighted by Gasteiger charge is -2.25. The van der Waals surface area contributed by atoms with Gasteiger partial charge in [0.1, 0.15) is 5.41 Å². The van der Waals surface area contributed by atoms with E-state index >= 15 is 0 Å². The molecule has 0 aromatic carbocycles. The Bertz CT molecular complexity index is 310. The van der Waals surface area contributed by atoms with Crippen molar-refractivity contribution in [3.63, 3.8) is 0 Å². The number of ether oxygens (including phenoxy) is 1. The second-order valence-corrected chi connectivity index (χ2v) is 5.17. The maximum Gasteiger partial charge on any atom is 0.240 e. The number of nitrogens with zero attached hydrogens (tertiary/aromatic N) is 1. The molecule has 1 N–H and O–H groups in total. The first kappa shape index (κ1) is 12.4. The summed E-state index contributed by atoms with van der Waals surface area (Å²) in [6.45, 7) is 2.29. The molecule has 1 saturated carbocycles. The molecular formula is C13H20N2O2. The van der Waals surface area contributed by atoms with Crippen LogP contribution in [0.1, 0.15) is 38.5 Å². The SMILES string of the molecule is N#CC1(C(=O)NCC2CCOCC2)CCCC1. The maximum atomic E-state index is 12.1. The van der Waals surface area contributed by atoms with Crippen LogP contribution in [0.15, 0.2) is 0 Å². The van der Waals surface area contributed by atoms with E-state index in [2.05, 4.69) is 11.4 Å². The molecule has 2 fully saturated rings. The molecule has 2 rings (SSSR count). The van der Waals surface area contributed by atoms with E-state index < -0.39 is 5.41 Å². The number of hydrogen-bond donors (Lipinski definition) is 1. The summed E-state index contributed by atoms with van der Waals surface area (Å²) in [5, 5.41) is 12.2. The van der Waals surface area contributed by atoms with Crippen LogP contribution in [0.5, 0.6) is 0 Å². The fourth-order valence-corrected chi connectivity index (χ4v) is 2.72. The van der Waals surface area contributed by atoms with Crippen LogP contribution in [-0.2, 0) is 9.53 Å². The summed E-state index contributed by atoms with van der Waals surface area (Å²) >= 11 is 0. The van der Waals surface area contributed by atoms with Crippen LogP contribution in [0.4, 0.5) is 0 Å². The Morgan fingerprint density at radius 3 is 2.59 bits per heavy atom. The minimum Gasteiger partial charge on any atom is -0.381 e. The predicted octanol–water partition coefficient (Wildman–Crippen LogP) is 1.61. The highest BCUT2D eigenvalue weighted by atomic mass is 16.5. The zero-order valence-electron chi connectivity index (χ0n) is 10.2. The number of carbonyl (C=O) groups excluding carboxylic acids is 1. The summed E-state index contributed by atoms with van der Waals surface area (Å²) in [5.41, 5.74) is -0.731. The van der Waals surface area contributed by atoms with Crippen molar-refractivity contribution < 1.29 is 9.53 Å². The van der Waals surface area contributed by atoms with Gasteiger partial charge in [-0.2, -0.15) is 5.26 Å². The van der Waals surface area contributed by atoms with Crippen LogP contribution in [0.2, 0.25) is 0 Å². The first-order chi connectivity index (χ1) is 8.27. The Balaban J connectivity index is 1.82. The van der Waals surface area contributed by atoms with E-state index in [0.29, 0.717) is 12.5 Å². The number of nitrogens with one attached hydrogen (secondary N) is 1. The fourth-order valence-electron chi connectivity index (χ4n) is 2.72. The second kappa shape index (κ2) is 5.50. The Morgan fingerprint density at radius 1 is 1.35 bits per heavy atom. The number of nitriles is 1. The van der Waals surface area contributed by atoms with Gasteiger partial charge in [0.25, 0.3) is 0 Å². The molecular weight excluding hydrogens is 216 g/mol. The first-order valence-electron chi connectivity index (χ1n) is 6.54. The molecule has 1 aliphatic carbocycles. The van der Waals surface area contributed by atoms with Crippen molar-refractivity contribution in [3.05, 3.63) is 0 Å². The lowest BCUT2D eigenvalue weighted by molar-refractivity contribution is -0.128. The molecule has 1 heterocycles. The van der Waals surface area contributed by atoms with Crippen LogP contribution in [-0.4, -0.2) is 25.7 Å². The van der Waals surface area contributed by atoms with Gasteiger partial charge in [0, 0.05) is 19.8 Å². The third-order valence-corrected chi connectivity index (χ3v) is 4.00. The summed E-state index contributed by atoms with van der Waals surface area (Å²) in [4.78, 5) is 12.1. The van der Waals surface area contributed by atoms with Gasteiger partial charge in [0.05, 0.1) is 6.07 Å². The molecule has 94 valence electrons. The highest BCUT2D eigenvalue weighted by Gasteiger charge is 2.41. The zero-order valence-corrected chi connectivity index (χ0v) is 10.2. The van der Waals surface area contributed by atoms with E-state index in [-0.39, 0.29) is 5.91 Å². The Kier molecular flexibility index (Phi) is 4.01. The van der Waals surface area contributed by atoms with Gasteiger partial charge in [0.15, 0.2) is 0 Å². The van der Waals surface area contributed by atoms with Gasteiger partial charge in [-0.25, -0.2) is 0 Å². The van der Waals surface area contributed by atoms with Crippen LogP contribution in [0, 0.1) is 22.7 Å². The van der Waals surface area contributed by atoms with Gasteiger partial charge in [-0.05, 0) is 31.6 Å². The second-order valence-electron chi connectivity index (χ2n) is 5.17. The molecule has 0 bridgehead atoms. The van der Waals surface area contributed by atoms with Gasteiger partial charge in [-0.3, -0.25) is 4.79 Å². The van der Waals surface area contributed by atoms with E-state index in [1.165, 1.54) is 0 Å². The minimum absolute atomic E-state index is 0.0519. The van der Waals surface area contributed by atoms with Crippen molar-refractivity contribution in [1.29, 1.82) is 5.26 Å². The van der Waals surface area contributed by atoms with E-state index in [4.69, 9.17) is 4.74 Å². The largest absolute Gasteiger partial charge is 0.381 e. The number of carbonyl (C=O) groups is 1. The number of rotatable bonds is 3. The fraction of sp³-hybridized carbons (Fsp3) is 0.846. The van der Waals surface area contributed by atoms with Crippen molar-refractivity contribution in [2.75, 3.05) is 19.8 Å². The monoisotopic (exact) mass is 236 g/mol. The van der Waals surface area contributed by atoms with Crippen molar-refractivity contribution in [3.8, 4) is 6.07 Å². The van der Waals surface area contributed by atoms with Crippen LogP contribution in [0.3, 0.4) is 0 Å². The Labute approximate surface area is 102 Å². The third-order valence-electron chi connectivity index (χ3n) is 4.00. The van der Waals surface area contributed by atoms with E-state index in [1.54, 1.807) is 0 Å². The van der Waals surface area contributed by atoms with Gasteiger partial charge < -0.3 is 10.1 Å². The van der Waals surface area contributed by atoms with Gasteiger partial charge in [0.2, 0.25) is 5.91 Å². The molecule has 0 radical (unpaired) electrons. The van der Waals surface area contributed by atoms with Crippen molar-refractivity contribution in [2.24, 2.45) is 11.3 Å². The van der Waals surface area contributed by atoms with Crippen LogP contribution < -0.4 is 5.32 Å². The standard InChI is InChI=1S/C13H20N2O2/c14-10-13(5-1-2-6-13)12(16)15-9-11-3-7-17-8-4-11/h11H,1-9H2,(H,15,16). The highest BCUT2D eigenvalue weighted by Crippen LogP contribution is 2.37. The molecule has 4 heteroatoms. The predicted molar refractivity (Wildman–Crippen MR) is 63.1 cm³/mol. The summed E-state index contributed by atoms with van der Waals surface area (Å²) in [6, 6.07) is 2.23. The molecule has 0 spiro atoms. The van der Waals surface area contributed by atoms with E-state index in [9.17, 15) is 10.1 Å². The van der Waals surface area contributed by atoms with Gasteiger partial charge in [-0.15, -0.1) is 0 Å². The van der Waals surface area contributed by atoms with E-state index in [1.807, 2.05) is 0 Å². The average Bonchev–Trinajstić information content (AvgIpc) is 2.87.